The number of nitrogens with two attached hydrogens (primary N) is 1. The minimum atomic E-state index is -0.755. The van der Waals surface area contributed by atoms with Gasteiger partial charge < -0.3 is 26.4 Å². The number of anilines is 3. The number of methoxy groups -OCH3 is 1. The largest absolute Gasteiger partial charge is 0.383 e. The quantitative estimate of drug-likeness (QED) is 0.575. The Labute approximate surface area is 176 Å². The zero-order chi connectivity index (χ0) is 19.9. The van der Waals surface area contributed by atoms with Gasteiger partial charge >= 0.3 is 6.03 Å². The standard InChI is InChI=1S/C21H26N4O3.ClH/c1-28-13-18(22)20(26)23-15-8-5-9-16(12-15)24-21(27)25-19-11-4-7-14-6-2-3-10-17(14)19;/h4-5,7-9,11-12,18H,2-3,6,10,13,22H2,1H3,(H,23,26)(H2,24,25,27);1H. The Kier molecular flexibility index (Phi) is 8.45. The Morgan fingerprint density at radius 2 is 1.72 bits per heavy atom. The first kappa shape index (κ1) is 22.7. The highest BCUT2D eigenvalue weighted by Gasteiger charge is 2.15. The lowest BCUT2D eigenvalue weighted by atomic mass is 9.90. The lowest BCUT2D eigenvalue weighted by molar-refractivity contribution is -0.118. The number of aryl methyl sites for hydroxylation is 1. The molecule has 1 aliphatic carbocycles. The van der Waals surface area contributed by atoms with E-state index in [2.05, 4.69) is 22.0 Å². The van der Waals surface area contributed by atoms with Crippen molar-refractivity contribution in [3.63, 3.8) is 0 Å². The van der Waals surface area contributed by atoms with Gasteiger partial charge in [0, 0.05) is 24.2 Å². The van der Waals surface area contributed by atoms with Crippen LogP contribution in [0.2, 0.25) is 0 Å². The monoisotopic (exact) mass is 418 g/mol. The highest BCUT2D eigenvalue weighted by molar-refractivity contribution is 6.01. The molecular formula is C21H27ClN4O3. The highest BCUT2D eigenvalue weighted by atomic mass is 35.5. The zero-order valence-corrected chi connectivity index (χ0v) is 17.2. The molecule has 29 heavy (non-hydrogen) atoms. The van der Waals surface area contributed by atoms with Crippen LogP contribution in [0.25, 0.3) is 0 Å². The molecule has 2 aromatic carbocycles. The fraction of sp³-hybridized carbons (Fsp3) is 0.333. The predicted octanol–water partition coefficient (Wildman–Crippen LogP) is 3.54. The molecule has 1 unspecified atom stereocenters. The van der Waals surface area contributed by atoms with Crippen molar-refractivity contribution < 1.29 is 14.3 Å². The van der Waals surface area contributed by atoms with Crippen LogP contribution in [-0.2, 0) is 22.4 Å². The van der Waals surface area contributed by atoms with Crippen molar-refractivity contribution in [2.24, 2.45) is 5.73 Å². The van der Waals surface area contributed by atoms with Crippen LogP contribution < -0.4 is 21.7 Å². The van der Waals surface area contributed by atoms with Crippen molar-refractivity contribution in [3.05, 3.63) is 53.6 Å². The van der Waals surface area contributed by atoms with Gasteiger partial charge in [0.1, 0.15) is 6.04 Å². The van der Waals surface area contributed by atoms with Crippen molar-refractivity contribution in [1.82, 2.24) is 0 Å². The first-order valence-corrected chi connectivity index (χ1v) is 9.41. The number of nitrogens with one attached hydrogen (secondary N) is 3. The molecule has 0 saturated carbocycles. The second kappa shape index (κ2) is 10.8. The highest BCUT2D eigenvalue weighted by Crippen LogP contribution is 2.28. The molecule has 0 bridgehead atoms. The van der Waals surface area contributed by atoms with Gasteiger partial charge in [0.05, 0.1) is 6.61 Å². The minimum Gasteiger partial charge on any atom is -0.383 e. The first-order chi connectivity index (χ1) is 13.6. The maximum atomic E-state index is 12.4. The Morgan fingerprint density at radius 1 is 1.03 bits per heavy atom. The molecule has 0 fully saturated rings. The summed E-state index contributed by atoms with van der Waals surface area (Å²) >= 11 is 0. The van der Waals surface area contributed by atoms with E-state index in [9.17, 15) is 9.59 Å². The molecule has 1 aliphatic rings. The van der Waals surface area contributed by atoms with Crippen LogP contribution in [0.15, 0.2) is 42.5 Å². The summed E-state index contributed by atoms with van der Waals surface area (Å²) in [7, 11) is 1.49. The molecule has 0 aromatic heterocycles. The molecule has 8 heteroatoms. The first-order valence-electron chi connectivity index (χ1n) is 9.41. The van der Waals surface area contributed by atoms with Gasteiger partial charge in [0.15, 0.2) is 0 Å². The second-order valence-electron chi connectivity index (χ2n) is 6.86. The van der Waals surface area contributed by atoms with Gasteiger partial charge in [-0.2, -0.15) is 0 Å². The SMILES string of the molecule is COCC(N)C(=O)Nc1cccc(NC(=O)Nc2cccc3c2CCCC3)c1.Cl. The number of ether oxygens (including phenoxy) is 1. The van der Waals surface area contributed by atoms with Gasteiger partial charge in [-0.3, -0.25) is 4.79 Å². The van der Waals surface area contributed by atoms with Crippen LogP contribution in [0.5, 0.6) is 0 Å². The third-order valence-corrected chi connectivity index (χ3v) is 4.72. The van der Waals surface area contributed by atoms with E-state index in [1.807, 2.05) is 12.1 Å². The molecule has 3 rings (SSSR count). The van der Waals surface area contributed by atoms with Crippen molar-refractivity contribution >= 4 is 41.4 Å². The van der Waals surface area contributed by atoms with Crippen LogP contribution >= 0.6 is 12.4 Å². The summed E-state index contributed by atoms with van der Waals surface area (Å²) in [4.78, 5) is 24.4. The van der Waals surface area contributed by atoms with Gasteiger partial charge in [-0.15, -0.1) is 12.4 Å². The fourth-order valence-corrected chi connectivity index (χ4v) is 3.35. The molecule has 0 heterocycles. The van der Waals surface area contributed by atoms with Crippen molar-refractivity contribution in [2.75, 3.05) is 29.7 Å². The molecule has 2 aromatic rings. The average molecular weight is 419 g/mol. The van der Waals surface area contributed by atoms with Crippen LogP contribution in [0, 0.1) is 0 Å². The second-order valence-corrected chi connectivity index (χ2v) is 6.86. The topological polar surface area (TPSA) is 105 Å². The normalized spacial score (nSPS) is 13.4. The van der Waals surface area contributed by atoms with Crippen LogP contribution in [0.1, 0.15) is 24.0 Å². The van der Waals surface area contributed by atoms with E-state index in [4.69, 9.17) is 10.5 Å². The summed E-state index contributed by atoms with van der Waals surface area (Å²) in [5.74, 6) is -0.348. The number of hydrogen-bond donors (Lipinski definition) is 4. The van der Waals surface area contributed by atoms with Crippen molar-refractivity contribution in [3.8, 4) is 0 Å². The molecule has 5 N–H and O–H groups in total. The predicted molar refractivity (Wildman–Crippen MR) is 118 cm³/mol. The van der Waals surface area contributed by atoms with Crippen LogP contribution in [0.4, 0.5) is 21.9 Å². The van der Waals surface area contributed by atoms with Gasteiger partial charge in [0.25, 0.3) is 0 Å². The molecule has 0 radical (unpaired) electrons. The lowest BCUT2D eigenvalue weighted by Crippen LogP contribution is -2.39. The fourth-order valence-electron chi connectivity index (χ4n) is 3.35. The Balaban J connectivity index is 0.00000300. The molecule has 0 saturated heterocycles. The summed E-state index contributed by atoms with van der Waals surface area (Å²) in [5, 5.41) is 8.46. The zero-order valence-electron chi connectivity index (χ0n) is 16.4. The van der Waals surface area contributed by atoms with E-state index in [1.165, 1.54) is 24.7 Å². The minimum absolute atomic E-state index is 0. The number of rotatable bonds is 6. The van der Waals surface area contributed by atoms with Crippen LogP contribution in [0.3, 0.4) is 0 Å². The van der Waals surface area contributed by atoms with Crippen molar-refractivity contribution in [1.29, 1.82) is 0 Å². The van der Waals surface area contributed by atoms with E-state index in [-0.39, 0.29) is 31.0 Å². The maximum Gasteiger partial charge on any atom is 0.323 e. The van der Waals surface area contributed by atoms with Crippen LogP contribution in [-0.4, -0.2) is 31.7 Å². The number of carbonyl (C=O) groups is 2. The number of carbonyl (C=O) groups excluding carboxylic acids is 2. The Hall–Kier alpha value is -2.61. The van der Waals surface area contributed by atoms with Gasteiger partial charge in [-0.1, -0.05) is 18.2 Å². The molecule has 0 aliphatic heterocycles. The van der Waals surface area contributed by atoms with E-state index in [0.29, 0.717) is 11.4 Å². The molecule has 156 valence electrons. The van der Waals surface area contributed by atoms with Gasteiger partial charge in [0.2, 0.25) is 5.91 Å². The Bertz CT molecular complexity index is 860. The lowest BCUT2D eigenvalue weighted by Gasteiger charge is -2.19. The number of amides is 3. The van der Waals surface area contributed by atoms with Gasteiger partial charge in [-0.25, -0.2) is 4.79 Å². The van der Waals surface area contributed by atoms with Crippen molar-refractivity contribution in [2.45, 2.75) is 31.7 Å². The summed E-state index contributed by atoms with van der Waals surface area (Å²) in [6.45, 7) is 0.133. The maximum absolute atomic E-state index is 12.4. The smallest absolute Gasteiger partial charge is 0.323 e. The number of halogens is 1. The van der Waals surface area contributed by atoms with E-state index >= 15 is 0 Å². The summed E-state index contributed by atoms with van der Waals surface area (Å²) in [6, 6.07) is 11.9. The number of hydrogen-bond acceptors (Lipinski definition) is 4. The van der Waals surface area contributed by atoms with E-state index < -0.39 is 6.04 Å². The molecule has 0 spiro atoms. The third-order valence-electron chi connectivity index (χ3n) is 4.72. The molecule has 7 nitrogen and oxygen atoms in total. The average Bonchev–Trinajstić information content (AvgIpc) is 2.68. The molecule has 3 amide bonds. The summed E-state index contributed by atoms with van der Waals surface area (Å²) in [6.07, 6.45) is 4.37. The van der Waals surface area contributed by atoms with E-state index in [1.54, 1.807) is 24.3 Å². The number of benzene rings is 2. The molecule has 1 atom stereocenters. The number of urea groups is 1. The third kappa shape index (κ3) is 6.19. The number of fused-ring (bicyclic) bond motifs is 1. The van der Waals surface area contributed by atoms with Gasteiger partial charge in [-0.05, 0) is 61.1 Å². The summed E-state index contributed by atoms with van der Waals surface area (Å²) < 4.78 is 4.88. The Morgan fingerprint density at radius 3 is 2.48 bits per heavy atom. The van der Waals surface area contributed by atoms with E-state index in [0.717, 1.165) is 24.9 Å². The molecular weight excluding hydrogens is 392 g/mol. The summed E-state index contributed by atoms with van der Waals surface area (Å²) in [5.41, 5.74) is 10.2.